The van der Waals surface area contributed by atoms with Gasteiger partial charge in [-0.3, -0.25) is 9.59 Å². The minimum atomic E-state index is -0.845. The predicted octanol–water partition coefficient (Wildman–Crippen LogP) is 1.41. The summed E-state index contributed by atoms with van der Waals surface area (Å²) < 4.78 is 0. The molecule has 5 nitrogen and oxygen atoms in total. The van der Waals surface area contributed by atoms with E-state index in [0.717, 1.165) is 12.8 Å². The minimum Gasteiger partial charge on any atom is -0.317 e. The van der Waals surface area contributed by atoms with Gasteiger partial charge in [0.05, 0.1) is 5.54 Å². The molecule has 0 aromatic carbocycles. The second-order valence-electron chi connectivity index (χ2n) is 4.61. The van der Waals surface area contributed by atoms with Crippen LogP contribution in [0.25, 0.3) is 0 Å². The van der Waals surface area contributed by atoms with Crippen molar-refractivity contribution in [3.63, 3.8) is 0 Å². The van der Waals surface area contributed by atoms with Crippen LogP contribution in [-0.2, 0) is 4.79 Å². The number of nitrogens with one attached hydrogen (secondary N) is 1. The van der Waals surface area contributed by atoms with Crippen LogP contribution in [0.4, 0.5) is 5.13 Å². The molecule has 0 radical (unpaired) electrons. The number of thiazole rings is 1. The third-order valence-electron chi connectivity index (χ3n) is 3.00. The molecule has 0 aliphatic heterocycles. The Hall–Kier alpha value is -1.27. The fourth-order valence-corrected chi connectivity index (χ4v) is 2.34. The highest BCUT2D eigenvalue weighted by Gasteiger charge is 2.44. The molecule has 1 aliphatic carbocycles. The molecule has 17 heavy (non-hydrogen) atoms. The Morgan fingerprint density at radius 2 is 2.24 bits per heavy atom. The highest BCUT2D eigenvalue weighted by molar-refractivity contribution is 7.14. The molecule has 92 valence electrons. The van der Waals surface area contributed by atoms with Crippen molar-refractivity contribution in [3.8, 4) is 0 Å². The molecular weight excluding hydrogens is 238 g/mol. The van der Waals surface area contributed by atoms with E-state index in [-0.39, 0.29) is 17.6 Å². The van der Waals surface area contributed by atoms with Crippen molar-refractivity contribution < 1.29 is 9.59 Å². The number of Topliss-reactive ketones (excluding diaryl/α,β-unsaturated/α-hetero) is 1. The third-order valence-corrected chi connectivity index (χ3v) is 3.76. The smallest absolute Gasteiger partial charge is 0.246 e. The van der Waals surface area contributed by atoms with Crippen molar-refractivity contribution >= 4 is 28.2 Å². The first-order valence-electron chi connectivity index (χ1n) is 5.48. The van der Waals surface area contributed by atoms with Crippen LogP contribution >= 0.6 is 11.3 Å². The summed E-state index contributed by atoms with van der Waals surface area (Å²) in [7, 11) is 0. The van der Waals surface area contributed by atoms with Crippen LogP contribution in [0.3, 0.4) is 0 Å². The quantitative estimate of drug-likeness (QED) is 0.794. The summed E-state index contributed by atoms with van der Waals surface area (Å²) in [6.45, 7) is 3.18. The zero-order chi connectivity index (χ0) is 12.6. The first kappa shape index (κ1) is 12.2. The van der Waals surface area contributed by atoms with E-state index in [1.54, 1.807) is 12.3 Å². The Morgan fingerprint density at radius 1 is 1.59 bits per heavy atom. The van der Waals surface area contributed by atoms with Crippen molar-refractivity contribution in [2.45, 2.75) is 32.2 Å². The summed E-state index contributed by atoms with van der Waals surface area (Å²) >= 11 is 1.23. The number of nitrogens with zero attached hydrogens (tertiary/aromatic N) is 1. The minimum absolute atomic E-state index is 0.112. The van der Waals surface area contributed by atoms with E-state index < -0.39 is 5.54 Å². The Kier molecular flexibility index (Phi) is 3.01. The molecule has 1 fully saturated rings. The normalized spacial score (nSPS) is 18.5. The summed E-state index contributed by atoms with van der Waals surface area (Å²) in [6.07, 6.45) is 1.99. The lowest BCUT2D eigenvalue weighted by atomic mass is 9.96. The van der Waals surface area contributed by atoms with E-state index in [2.05, 4.69) is 10.3 Å². The summed E-state index contributed by atoms with van der Waals surface area (Å²) in [6, 6.07) is 0. The van der Waals surface area contributed by atoms with E-state index >= 15 is 0 Å². The zero-order valence-corrected chi connectivity index (χ0v) is 10.6. The third kappa shape index (κ3) is 2.53. The average molecular weight is 253 g/mol. The number of nitrogens with two attached hydrogens (primary N) is 1. The van der Waals surface area contributed by atoms with Crippen LogP contribution in [0.1, 0.15) is 37.2 Å². The molecule has 0 saturated heterocycles. The van der Waals surface area contributed by atoms with Crippen LogP contribution in [0.5, 0.6) is 0 Å². The van der Waals surface area contributed by atoms with Gasteiger partial charge in [0, 0.05) is 12.3 Å². The molecule has 1 unspecified atom stereocenters. The van der Waals surface area contributed by atoms with Gasteiger partial charge in [-0.05, 0) is 25.7 Å². The Labute approximate surface area is 103 Å². The lowest BCUT2D eigenvalue weighted by Gasteiger charge is -2.22. The summed E-state index contributed by atoms with van der Waals surface area (Å²) in [5.74, 6) is -0.0846. The van der Waals surface area contributed by atoms with Crippen molar-refractivity contribution in [2.24, 2.45) is 11.7 Å². The van der Waals surface area contributed by atoms with Crippen LogP contribution in [0.2, 0.25) is 0 Å². The van der Waals surface area contributed by atoms with E-state index in [9.17, 15) is 9.59 Å². The van der Waals surface area contributed by atoms with Crippen molar-refractivity contribution in [1.29, 1.82) is 0 Å². The highest BCUT2D eigenvalue weighted by atomic mass is 32.1. The fourth-order valence-electron chi connectivity index (χ4n) is 1.59. The molecule has 1 amide bonds. The zero-order valence-electron chi connectivity index (χ0n) is 9.82. The molecule has 6 heteroatoms. The van der Waals surface area contributed by atoms with Crippen LogP contribution < -0.4 is 11.1 Å². The van der Waals surface area contributed by atoms with Gasteiger partial charge in [0.1, 0.15) is 5.69 Å². The van der Waals surface area contributed by atoms with Crippen LogP contribution in [0, 0.1) is 5.92 Å². The molecule has 0 bridgehead atoms. The summed E-state index contributed by atoms with van der Waals surface area (Å²) in [5.41, 5.74) is 5.50. The maximum atomic E-state index is 11.9. The molecule has 1 aliphatic rings. The van der Waals surface area contributed by atoms with Crippen LogP contribution in [-0.4, -0.2) is 22.2 Å². The maximum absolute atomic E-state index is 11.9. The topological polar surface area (TPSA) is 85.1 Å². The Bertz CT molecular complexity index is 463. The van der Waals surface area contributed by atoms with Gasteiger partial charge in [-0.15, -0.1) is 11.3 Å². The lowest BCUT2D eigenvalue weighted by Crippen LogP contribution is -2.50. The van der Waals surface area contributed by atoms with E-state index in [1.807, 2.05) is 0 Å². The first-order valence-corrected chi connectivity index (χ1v) is 6.36. The number of carbonyl (C=O) groups is 2. The number of ketones is 1. The van der Waals surface area contributed by atoms with Gasteiger partial charge in [0.2, 0.25) is 5.91 Å². The average Bonchev–Trinajstić information content (AvgIpc) is 3.00. The van der Waals surface area contributed by atoms with Crippen molar-refractivity contribution in [1.82, 2.24) is 4.98 Å². The number of anilines is 1. The largest absolute Gasteiger partial charge is 0.317 e. The SMILES string of the molecule is CC(=O)c1csc(NC(=O)C(C)(N)C2CC2)n1. The molecular formula is C11H15N3O2S. The Morgan fingerprint density at radius 3 is 2.71 bits per heavy atom. The first-order chi connectivity index (χ1) is 7.91. The van der Waals surface area contributed by atoms with Gasteiger partial charge < -0.3 is 11.1 Å². The number of hydrogen-bond acceptors (Lipinski definition) is 5. The Balaban J connectivity index is 2.04. The molecule has 1 saturated carbocycles. The van der Waals surface area contributed by atoms with E-state index in [4.69, 9.17) is 5.73 Å². The molecule has 3 N–H and O–H groups in total. The van der Waals surface area contributed by atoms with Gasteiger partial charge >= 0.3 is 0 Å². The van der Waals surface area contributed by atoms with Gasteiger partial charge in [0.15, 0.2) is 10.9 Å². The molecule has 1 aromatic rings. The van der Waals surface area contributed by atoms with Gasteiger partial charge in [-0.2, -0.15) is 0 Å². The maximum Gasteiger partial charge on any atom is 0.246 e. The predicted molar refractivity (Wildman–Crippen MR) is 66.1 cm³/mol. The molecule has 1 heterocycles. The van der Waals surface area contributed by atoms with Gasteiger partial charge in [0.25, 0.3) is 0 Å². The van der Waals surface area contributed by atoms with Crippen molar-refractivity contribution in [3.05, 3.63) is 11.1 Å². The number of hydrogen-bond donors (Lipinski definition) is 2. The van der Waals surface area contributed by atoms with Gasteiger partial charge in [-0.1, -0.05) is 0 Å². The molecule has 1 aromatic heterocycles. The standard InChI is InChI=1S/C11H15N3O2S/c1-6(15)8-5-17-10(13-8)14-9(16)11(2,12)7-3-4-7/h5,7H,3-4,12H2,1-2H3,(H,13,14,16). The molecule has 2 rings (SSSR count). The fraction of sp³-hybridized carbons (Fsp3) is 0.545. The number of carbonyl (C=O) groups excluding carboxylic acids is 2. The monoisotopic (exact) mass is 253 g/mol. The number of amides is 1. The summed E-state index contributed by atoms with van der Waals surface area (Å²) in [4.78, 5) is 27.0. The number of aromatic nitrogens is 1. The molecule has 1 atom stereocenters. The second kappa shape index (κ2) is 4.19. The highest BCUT2D eigenvalue weighted by Crippen LogP contribution is 2.38. The lowest BCUT2D eigenvalue weighted by molar-refractivity contribution is -0.121. The van der Waals surface area contributed by atoms with E-state index in [0.29, 0.717) is 10.8 Å². The van der Waals surface area contributed by atoms with Gasteiger partial charge in [-0.25, -0.2) is 4.98 Å². The summed E-state index contributed by atoms with van der Waals surface area (Å²) in [5, 5.41) is 4.73. The molecule has 0 spiro atoms. The van der Waals surface area contributed by atoms with E-state index in [1.165, 1.54) is 18.3 Å². The van der Waals surface area contributed by atoms with Crippen molar-refractivity contribution in [2.75, 3.05) is 5.32 Å². The second-order valence-corrected chi connectivity index (χ2v) is 5.46. The number of rotatable bonds is 4. The van der Waals surface area contributed by atoms with Crippen LogP contribution in [0.15, 0.2) is 5.38 Å².